The van der Waals surface area contributed by atoms with Gasteiger partial charge in [-0.25, -0.2) is 0 Å². The molecule has 12 aromatic rings. The molecule has 0 amide bonds. The van der Waals surface area contributed by atoms with Gasteiger partial charge in [0.15, 0.2) is 0 Å². The van der Waals surface area contributed by atoms with Crippen molar-refractivity contribution < 1.29 is 0 Å². The largest absolute Gasteiger partial charge is 0.311 e. The van der Waals surface area contributed by atoms with Crippen molar-refractivity contribution in [3.8, 4) is 0 Å². The van der Waals surface area contributed by atoms with E-state index >= 15 is 0 Å². The summed E-state index contributed by atoms with van der Waals surface area (Å²) in [7, 11) is 0. The van der Waals surface area contributed by atoms with Crippen LogP contribution >= 0.6 is 0 Å². The van der Waals surface area contributed by atoms with Crippen LogP contribution in [0.2, 0.25) is 0 Å². The van der Waals surface area contributed by atoms with E-state index in [0.29, 0.717) is 0 Å². The highest BCUT2D eigenvalue weighted by Crippen LogP contribution is 2.43. The van der Waals surface area contributed by atoms with Crippen molar-refractivity contribution in [3.05, 3.63) is 306 Å². The topological polar surface area (TPSA) is 9.72 Å². The zero-order valence-electron chi connectivity index (χ0n) is 41.4. The number of benzene rings is 12. The molecule has 0 saturated heterocycles. The van der Waals surface area contributed by atoms with Gasteiger partial charge in [0.05, 0.1) is 0 Å². The predicted octanol–water partition coefficient (Wildman–Crippen LogP) is 19.7. The van der Waals surface area contributed by atoms with Crippen LogP contribution in [0.4, 0.5) is 51.2 Å². The molecule has 12 rings (SSSR count). The maximum Gasteiger partial charge on any atom is 0.0468 e. The van der Waals surface area contributed by atoms with E-state index in [1.54, 1.807) is 0 Å². The number of hydrogen-bond donors (Lipinski definition) is 0. The standard InChI is InChI=1S/C70H55N3/c1-49-16-22-55(23-17-49)70(60-25-24-52-10-4-7-13-57(52)46-60)56-28-34-63(35-29-56)71(64-38-42-66(43-39-64)72(61-30-18-50(2)19-31-61)68-36-26-53-11-5-8-14-58(53)47-68)65-40-44-67(45-41-65)73(62-32-20-51(3)21-33-62)69-37-27-54-12-6-9-15-59(54)48-69/h4-48,70H,1-3H3. The Hall–Kier alpha value is -9.18. The lowest BCUT2D eigenvalue weighted by atomic mass is 9.84. The summed E-state index contributed by atoms with van der Waals surface area (Å²) in [5.74, 6) is 0.0528. The third kappa shape index (κ3) is 9.21. The van der Waals surface area contributed by atoms with Crippen LogP contribution in [0.3, 0.4) is 0 Å². The lowest BCUT2D eigenvalue weighted by Crippen LogP contribution is -2.13. The molecule has 0 aromatic heterocycles. The molecular weight excluding hydrogens is 883 g/mol. The van der Waals surface area contributed by atoms with Crippen molar-refractivity contribution in [2.24, 2.45) is 0 Å². The maximum atomic E-state index is 2.38. The molecule has 0 fully saturated rings. The summed E-state index contributed by atoms with van der Waals surface area (Å²) in [6, 6.07) is 100. The second kappa shape index (κ2) is 19.5. The molecule has 3 heteroatoms. The molecule has 0 aliphatic rings. The van der Waals surface area contributed by atoms with Crippen LogP contribution in [0.5, 0.6) is 0 Å². The molecule has 0 aliphatic carbocycles. The van der Waals surface area contributed by atoms with Gasteiger partial charge in [0.1, 0.15) is 0 Å². The highest BCUT2D eigenvalue weighted by Gasteiger charge is 2.22. The molecule has 0 spiro atoms. The Morgan fingerprint density at radius 1 is 0.205 bits per heavy atom. The average molecular weight is 938 g/mol. The number of fused-ring (bicyclic) bond motifs is 3. The van der Waals surface area contributed by atoms with Gasteiger partial charge in [-0.05, 0) is 179 Å². The second-order valence-electron chi connectivity index (χ2n) is 19.3. The van der Waals surface area contributed by atoms with Crippen LogP contribution in [0.15, 0.2) is 273 Å². The van der Waals surface area contributed by atoms with E-state index in [4.69, 9.17) is 0 Å². The highest BCUT2D eigenvalue weighted by atomic mass is 15.2. The molecule has 0 radical (unpaired) electrons. The third-order valence-corrected chi connectivity index (χ3v) is 14.3. The van der Waals surface area contributed by atoms with Crippen LogP contribution in [0.1, 0.15) is 39.3 Å². The molecule has 73 heavy (non-hydrogen) atoms. The Morgan fingerprint density at radius 2 is 0.438 bits per heavy atom. The molecule has 0 heterocycles. The minimum absolute atomic E-state index is 0.0528. The first-order chi connectivity index (χ1) is 35.9. The molecule has 3 nitrogen and oxygen atoms in total. The summed E-state index contributed by atoms with van der Waals surface area (Å²) in [4.78, 5) is 7.09. The predicted molar refractivity (Wildman–Crippen MR) is 311 cm³/mol. The fraction of sp³-hybridized carbons (Fsp3) is 0.0571. The molecule has 0 N–H and O–H groups in total. The van der Waals surface area contributed by atoms with Gasteiger partial charge in [-0.15, -0.1) is 0 Å². The van der Waals surface area contributed by atoms with Crippen molar-refractivity contribution in [2.45, 2.75) is 26.7 Å². The average Bonchev–Trinajstić information content (AvgIpc) is 3.44. The molecule has 350 valence electrons. The quantitative estimate of drug-likeness (QED) is 0.113. The Labute approximate surface area is 429 Å². The van der Waals surface area contributed by atoms with Crippen LogP contribution in [0, 0.1) is 20.8 Å². The first-order valence-electron chi connectivity index (χ1n) is 25.3. The van der Waals surface area contributed by atoms with Gasteiger partial charge in [-0.2, -0.15) is 0 Å². The lowest BCUT2D eigenvalue weighted by molar-refractivity contribution is 0.978. The molecular formula is C70H55N3. The summed E-state index contributed by atoms with van der Waals surface area (Å²) >= 11 is 0. The van der Waals surface area contributed by atoms with Crippen LogP contribution in [-0.4, -0.2) is 0 Å². The Bertz CT molecular complexity index is 3450. The lowest BCUT2D eigenvalue weighted by Gasteiger charge is -2.30. The van der Waals surface area contributed by atoms with E-state index in [2.05, 4.69) is 308 Å². The number of nitrogens with zero attached hydrogens (tertiary/aromatic N) is 3. The molecule has 1 unspecified atom stereocenters. The number of rotatable bonds is 12. The van der Waals surface area contributed by atoms with Crippen molar-refractivity contribution in [2.75, 3.05) is 14.7 Å². The number of anilines is 9. The van der Waals surface area contributed by atoms with Gasteiger partial charge in [-0.3, -0.25) is 0 Å². The first kappa shape index (κ1) is 45.0. The molecule has 12 aromatic carbocycles. The monoisotopic (exact) mass is 937 g/mol. The van der Waals surface area contributed by atoms with E-state index in [9.17, 15) is 0 Å². The minimum atomic E-state index is 0.0528. The maximum absolute atomic E-state index is 2.38. The fourth-order valence-electron chi connectivity index (χ4n) is 10.4. The van der Waals surface area contributed by atoms with Crippen LogP contribution in [-0.2, 0) is 0 Å². The Balaban J connectivity index is 0.968. The number of aryl methyl sites for hydroxylation is 3. The summed E-state index contributed by atoms with van der Waals surface area (Å²) in [5.41, 5.74) is 17.3. The molecule has 0 saturated carbocycles. The summed E-state index contributed by atoms with van der Waals surface area (Å²) in [5, 5.41) is 7.35. The normalized spacial score (nSPS) is 11.7. The van der Waals surface area contributed by atoms with E-state index in [-0.39, 0.29) is 5.92 Å². The van der Waals surface area contributed by atoms with E-state index in [1.165, 1.54) is 65.7 Å². The molecule has 0 bridgehead atoms. The van der Waals surface area contributed by atoms with Crippen molar-refractivity contribution in [1.29, 1.82) is 0 Å². The Morgan fingerprint density at radius 3 is 0.808 bits per heavy atom. The van der Waals surface area contributed by atoms with Crippen molar-refractivity contribution >= 4 is 83.5 Å². The minimum Gasteiger partial charge on any atom is -0.311 e. The molecule has 0 aliphatic heterocycles. The summed E-state index contributed by atoms with van der Waals surface area (Å²) in [6.45, 7) is 6.44. The zero-order chi connectivity index (χ0) is 49.3. The van der Waals surface area contributed by atoms with Gasteiger partial charge in [0, 0.05) is 57.1 Å². The SMILES string of the molecule is Cc1ccc(C(c2ccc(N(c3ccc(N(c4ccc(C)cc4)c4ccc5ccccc5c4)cc3)c3ccc(N(c4ccc(C)cc4)c4ccc5ccccc5c4)cc3)cc2)c2ccc3ccccc3c2)cc1. The molecule has 1 atom stereocenters. The summed E-state index contributed by atoms with van der Waals surface area (Å²) in [6.07, 6.45) is 0. The second-order valence-corrected chi connectivity index (χ2v) is 19.3. The Kier molecular flexibility index (Phi) is 12.0. The zero-order valence-corrected chi connectivity index (χ0v) is 41.4. The van der Waals surface area contributed by atoms with Gasteiger partial charge < -0.3 is 14.7 Å². The van der Waals surface area contributed by atoms with Crippen molar-refractivity contribution in [1.82, 2.24) is 0 Å². The van der Waals surface area contributed by atoms with Gasteiger partial charge in [0.2, 0.25) is 0 Å². The third-order valence-electron chi connectivity index (χ3n) is 14.3. The van der Waals surface area contributed by atoms with Crippen LogP contribution < -0.4 is 14.7 Å². The van der Waals surface area contributed by atoms with Gasteiger partial charge in [0.25, 0.3) is 0 Å². The van der Waals surface area contributed by atoms with Gasteiger partial charge in [-0.1, -0.05) is 180 Å². The van der Waals surface area contributed by atoms with Gasteiger partial charge >= 0.3 is 0 Å². The van der Waals surface area contributed by atoms with Crippen molar-refractivity contribution in [3.63, 3.8) is 0 Å². The van der Waals surface area contributed by atoms with E-state index in [1.807, 2.05) is 0 Å². The first-order valence-corrected chi connectivity index (χ1v) is 25.3. The van der Waals surface area contributed by atoms with E-state index in [0.717, 1.165) is 51.2 Å². The highest BCUT2D eigenvalue weighted by molar-refractivity contribution is 5.92. The van der Waals surface area contributed by atoms with Crippen LogP contribution in [0.25, 0.3) is 32.3 Å². The summed E-state index contributed by atoms with van der Waals surface area (Å²) < 4.78 is 0. The smallest absolute Gasteiger partial charge is 0.0468 e. The number of hydrogen-bond acceptors (Lipinski definition) is 3. The van der Waals surface area contributed by atoms with E-state index < -0.39 is 0 Å². The fourth-order valence-corrected chi connectivity index (χ4v) is 10.4.